The lowest BCUT2D eigenvalue weighted by Gasteiger charge is -2.45. The average Bonchev–Trinajstić information content (AvgIpc) is 2.95. The molecule has 0 aliphatic heterocycles. The third-order valence-electron chi connectivity index (χ3n) is 7.61. The highest BCUT2D eigenvalue weighted by molar-refractivity contribution is 6.33. The van der Waals surface area contributed by atoms with Crippen molar-refractivity contribution in [2.75, 3.05) is 33.0 Å². The zero-order valence-corrected chi connectivity index (χ0v) is 26.5. The summed E-state index contributed by atoms with van der Waals surface area (Å²) in [5, 5.41) is 13.0. The van der Waals surface area contributed by atoms with Crippen LogP contribution in [0, 0.1) is 0 Å². The van der Waals surface area contributed by atoms with E-state index in [1.54, 1.807) is 26.8 Å². The quantitative estimate of drug-likeness (QED) is 0.213. The van der Waals surface area contributed by atoms with Crippen molar-refractivity contribution in [2.45, 2.75) is 78.2 Å². The number of Topliss-reactive ketones (excluding diaryl/α,β-unsaturated/α-hetero) is 1. The molecule has 0 spiro atoms. The topological polar surface area (TPSA) is 124 Å². The number of nitrogens with zero attached hydrogens (tertiary/aromatic N) is 1. The number of urea groups is 1. The van der Waals surface area contributed by atoms with Gasteiger partial charge in [0.05, 0.1) is 43.1 Å². The van der Waals surface area contributed by atoms with Gasteiger partial charge < -0.3 is 34.3 Å². The minimum absolute atomic E-state index is 0.119. The van der Waals surface area contributed by atoms with Crippen molar-refractivity contribution in [3.05, 3.63) is 58.1 Å². The first kappa shape index (κ1) is 34.2. The van der Waals surface area contributed by atoms with Crippen molar-refractivity contribution in [1.82, 2.24) is 10.2 Å². The number of amides is 2. The van der Waals surface area contributed by atoms with E-state index in [4.69, 9.17) is 30.5 Å². The number of aliphatic carboxylic acids is 1. The molecular weight excluding hydrogens is 576 g/mol. The van der Waals surface area contributed by atoms with Gasteiger partial charge in [-0.15, -0.1) is 0 Å². The van der Waals surface area contributed by atoms with Crippen LogP contribution in [0.5, 0.6) is 11.5 Å². The summed E-state index contributed by atoms with van der Waals surface area (Å²) in [7, 11) is 0. The van der Waals surface area contributed by atoms with Crippen LogP contribution >= 0.6 is 11.6 Å². The molecule has 43 heavy (non-hydrogen) atoms. The monoisotopic (exact) mass is 618 g/mol. The van der Waals surface area contributed by atoms with E-state index in [9.17, 15) is 19.5 Å². The molecule has 2 N–H and O–H groups in total. The second-order valence-electron chi connectivity index (χ2n) is 10.5. The molecule has 0 unspecified atom stereocenters. The maximum absolute atomic E-state index is 13.9. The Morgan fingerprint density at radius 2 is 1.72 bits per heavy atom. The first-order valence-corrected chi connectivity index (χ1v) is 15.1. The summed E-state index contributed by atoms with van der Waals surface area (Å²) in [6.07, 6.45) is -0.179. The van der Waals surface area contributed by atoms with Gasteiger partial charge in [0.2, 0.25) is 0 Å². The number of nitrogens with one attached hydrogen (secondary N) is 1. The molecule has 1 saturated carbocycles. The van der Waals surface area contributed by atoms with E-state index in [-0.39, 0.29) is 66.9 Å². The summed E-state index contributed by atoms with van der Waals surface area (Å²) in [4.78, 5) is 40.3. The smallest absolute Gasteiger partial charge is 0.329 e. The molecule has 0 heterocycles. The highest BCUT2D eigenvalue weighted by Crippen LogP contribution is 2.43. The van der Waals surface area contributed by atoms with Gasteiger partial charge in [0.15, 0.2) is 11.5 Å². The molecule has 2 aromatic carbocycles. The predicted octanol–water partition coefficient (Wildman–Crippen LogP) is 6.21. The van der Waals surface area contributed by atoms with Crippen LogP contribution < -0.4 is 14.8 Å². The number of halogens is 1. The van der Waals surface area contributed by atoms with Crippen LogP contribution in [0.4, 0.5) is 4.79 Å². The van der Waals surface area contributed by atoms with Crippen LogP contribution in [0.3, 0.4) is 0 Å². The number of carboxylic acid groups (broad SMARTS) is 1. The molecular formula is C32H43ClN2O8. The molecule has 0 bridgehead atoms. The van der Waals surface area contributed by atoms with E-state index in [1.807, 2.05) is 44.2 Å². The van der Waals surface area contributed by atoms with E-state index < -0.39 is 23.6 Å². The number of rotatable bonds is 16. The maximum Gasteiger partial charge on any atom is 0.329 e. The molecule has 1 aliphatic carbocycles. The van der Waals surface area contributed by atoms with Gasteiger partial charge in [-0.1, -0.05) is 41.9 Å². The van der Waals surface area contributed by atoms with Crippen LogP contribution in [0.1, 0.15) is 88.0 Å². The van der Waals surface area contributed by atoms with Crippen molar-refractivity contribution in [1.29, 1.82) is 0 Å². The Morgan fingerprint density at radius 1 is 1.07 bits per heavy atom. The molecule has 0 saturated heterocycles. The minimum atomic E-state index is -1.46. The van der Waals surface area contributed by atoms with Crippen molar-refractivity contribution < 1.29 is 38.4 Å². The number of hydrogen-bond acceptors (Lipinski definition) is 7. The molecule has 11 heteroatoms. The van der Waals surface area contributed by atoms with E-state index in [2.05, 4.69) is 5.32 Å². The molecule has 1 aliphatic rings. The summed E-state index contributed by atoms with van der Waals surface area (Å²) in [6, 6.07) is 10.1. The minimum Gasteiger partial charge on any atom is -0.493 e. The summed E-state index contributed by atoms with van der Waals surface area (Å²) in [6.45, 7) is 11.8. The molecule has 0 radical (unpaired) electrons. The Hall–Kier alpha value is -3.34. The number of ketones is 1. The van der Waals surface area contributed by atoms with Gasteiger partial charge in [0, 0.05) is 31.6 Å². The Bertz CT molecular complexity index is 1270. The first-order valence-electron chi connectivity index (χ1n) is 14.7. The summed E-state index contributed by atoms with van der Waals surface area (Å²) < 4.78 is 23.3. The number of carbonyl (C=O) groups excluding carboxylic acids is 2. The Balaban J connectivity index is 1.97. The van der Waals surface area contributed by atoms with Crippen molar-refractivity contribution in [3.63, 3.8) is 0 Å². The Kier molecular flexibility index (Phi) is 12.2. The van der Waals surface area contributed by atoms with E-state index in [0.717, 1.165) is 5.56 Å². The number of ether oxygens (including phenoxy) is 4. The number of carbonyl (C=O) groups is 3. The molecule has 2 aromatic rings. The third-order valence-corrected chi connectivity index (χ3v) is 8.00. The van der Waals surface area contributed by atoms with E-state index >= 15 is 0 Å². The number of hydrogen-bond donors (Lipinski definition) is 2. The van der Waals surface area contributed by atoms with Gasteiger partial charge in [-0.25, -0.2) is 9.59 Å². The van der Waals surface area contributed by atoms with Gasteiger partial charge in [-0.3, -0.25) is 4.79 Å². The lowest BCUT2D eigenvalue weighted by molar-refractivity contribution is -0.156. The first-order chi connectivity index (χ1) is 20.5. The molecule has 236 valence electrons. The summed E-state index contributed by atoms with van der Waals surface area (Å²) >= 11 is 6.86. The fourth-order valence-electron chi connectivity index (χ4n) is 5.28. The molecule has 2 amide bonds. The maximum atomic E-state index is 13.9. The zero-order chi connectivity index (χ0) is 31.7. The normalized spacial score (nSPS) is 19.1. The standard InChI is InChI=1S/C32H43ClN2O8/c1-7-40-24-18-32(19-24,30(37)38)34-31(39)35(15-16-43-22(6)23-13-11-10-12-14-23)20(4)25-17-26(41-8-2)27(21(5)36)29(28(25)33)42-9-3/h10-14,17,20,22,24H,7-9,15-16,18-19H2,1-6H3,(H,34,39)(H,37,38)/t20-,22+,24?,32?/m1/s1. The molecule has 10 nitrogen and oxygen atoms in total. The van der Waals surface area contributed by atoms with Gasteiger partial charge in [-0.2, -0.15) is 0 Å². The van der Waals surface area contributed by atoms with Crippen LogP contribution in [0.2, 0.25) is 5.02 Å². The summed E-state index contributed by atoms with van der Waals surface area (Å²) in [5.74, 6) is -0.929. The van der Waals surface area contributed by atoms with E-state index in [1.165, 1.54) is 11.8 Å². The van der Waals surface area contributed by atoms with Gasteiger partial charge in [-0.05, 0) is 53.2 Å². The highest BCUT2D eigenvalue weighted by Gasteiger charge is 2.53. The van der Waals surface area contributed by atoms with E-state index in [0.29, 0.717) is 24.5 Å². The zero-order valence-electron chi connectivity index (χ0n) is 25.8. The number of benzene rings is 2. The van der Waals surface area contributed by atoms with Crippen LogP contribution in [0.15, 0.2) is 36.4 Å². The van der Waals surface area contributed by atoms with Crippen molar-refractivity contribution in [3.8, 4) is 11.5 Å². The lowest BCUT2D eigenvalue weighted by atomic mass is 9.74. The number of carboxylic acids is 1. The fraction of sp³-hybridized carbons (Fsp3) is 0.531. The molecule has 1 fully saturated rings. The largest absolute Gasteiger partial charge is 0.493 e. The SMILES string of the molecule is CCOc1cc([C@@H](C)N(CCO[C@@H](C)c2ccccc2)C(=O)NC2(C(=O)O)CC(OCC)C2)c(Cl)c(OCC)c1C(C)=O. The fourth-order valence-corrected chi connectivity index (χ4v) is 5.64. The van der Waals surface area contributed by atoms with Gasteiger partial charge in [0.25, 0.3) is 0 Å². The molecule has 3 rings (SSSR count). The van der Waals surface area contributed by atoms with Crippen LogP contribution in [-0.4, -0.2) is 72.4 Å². The highest BCUT2D eigenvalue weighted by atomic mass is 35.5. The average molecular weight is 619 g/mol. The Morgan fingerprint density at radius 3 is 2.28 bits per heavy atom. The van der Waals surface area contributed by atoms with Crippen molar-refractivity contribution >= 4 is 29.4 Å². The van der Waals surface area contributed by atoms with Crippen LogP contribution in [0.25, 0.3) is 0 Å². The molecule has 0 aromatic heterocycles. The third kappa shape index (κ3) is 7.99. The van der Waals surface area contributed by atoms with Crippen LogP contribution in [-0.2, 0) is 14.3 Å². The molecule has 2 atom stereocenters. The Labute approximate surface area is 258 Å². The van der Waals surface area contributed by atoms with Gasteiger partial charge in [0.1, 0.15) is 16.9 Å². The lowest BCUT2D eigenvalue weighted by Crippen LogP contribution is -2.66. The predicted molar refractivity (Wildman–Crippen MR) is 163 cm³/mol. The van der Waals surface area contributed by atoms with Gasteiger partial charge >= 0.3 is 12.0 Å². The van der Waals surface area contributed by atoms with Crippen molar-refractivity contribution in [2.24, 2.45) is 0 Å². The second-order valence-corrected chi connectivity index (χ2v) is 10.9. The summed E-state index contributed by atoms with van der Waals surface area (Å²) in [5.41, 5.74) is 0.234. The second kappa shape index (κ2) is 15.4.